The molecule has 0 aliphatic rings. The van der Waals surface area contributed by atoms with Gasteiger partial charge in [0.05, 0.1) is 20.6 Å². The van der Waals surface area contributed by atoms with E-state index in [1.165, 1.54) is 34.0 Å². The predicted molar refractivity (Wildman–Crippen MR) is 115 cm³/mol. The fourth-order valence-corrected chi connectivity index (χ4v) is 3.31. The Labute approximate surface area is 171 Å². The topological polar surface area (TPSA) is 77.4 Å². The monoisotopic (exact) mass is 393 g/mol. The van der Waals surface area contributed by atoms with Crippen LogP contribution in [0.25, 0.3) is 10.8 Å². The van der Waals surface area contributed by atoms with Crippen molar-refractivity contribution in [2.24, 2.45) is 0 Å². The molecule has 152 valence electrons. The number of quaternary nitrogens is 1. The summed E-state index contributed by atoms with van der Waals surface area (Å²) in [5.41, 5.74) is 4.19. The molecule has 0 atom stereocenters. The summed E-state index contributed by atoms with van der Waals surface area (Å²) >= 11 is 0. The molecule has 29 heavy (non-hydrogen) atoms. The molecule has 0 unspecified atom stereocenters. The smallest absolute Gasteiger partial charge is 0.351 e. The lowest BCUT2D eigenvalue weighted by Gasteiger charge is -2.29. The first-order chi connectivity index (χ1) is 13.7. The molecule has 5 nitrogen and oxygen atoms in total. The first kappa shape index (κ1) is 22.1. The standard InChI is InChI=1S/C22H26N.C2H2O4/c1-18-9-6-14-21(17-18)23(2,3)16-8-13-20-12-7-11-19-10-4-5-15-22(19)20;3-1(4)2(5)6/h4-7,9-12,14-15,17H,8,13,16H2,1-3H3;(H,3,4)(H,5,6)/q+1;/p-1. The molecule has 0 amide bonds. The van der Waals surface area contributed by atoms with E-state index in [9.17, 15) is 0 Å². The number of hydrogen-bond acceptors (Lipinski definition) is 3. The van der Waals surface area contributed by atoms with Crippen LogP contribution in [0.15, 0.2) is 66.7 Å². The number of carboxylic acids is 2. The molecule has 5 heteroatoms. The highest BCUT2D eigenvalue weighted by molar-refractivity contribution is 6.26. The lowest BCUT2D eigenvalue weighted by atomic mass is 10.0. The summed E-state index contributed by atoms with van der Waals surface area (Å²) in [6.45, 7) is 3.31. The van der Waals surface area contributed by atoms with Crippen LogP contribution in [-0.2, 0) is 16.0 Å². The number of aliphatic carboxylic acids is 2. The van der Waals surface area contributed by atoms with Crippen molar-refractivity contribution in [1.82, 2.24) is 4.48 Å². The minimum Gasteiger partial charge on any atom is -0.539 e. The molecule has 0 fully saturated rings. The van der Waals surface area contributed by atoms with Crippen LogP contribution in [0.3, 0.4) is 0 Å². The highest BCUT2D eigenvalue weighted by Crippen LogP contribution is 2.23. The van der Waals surface area contributed by atoms with Crippen molar-refractivity contribution in [3.8, 4) is 0 Å². The summed E-state index contributed by atoms with van der Waals surface area (Å²) in [6, 6.07) is 24.2. The first-order valence-corrected chi connectivity index (χ1v) is 9.52. The predicted octanol–water partition coefficient (Wildman–Crippen LogP) is 3.17. The van der Waals surface area contributed by atoms with Gasteiger partial charge in [-0.3, -0.25) is 4.48 Å². The summed E-state index contributed by atoms with van der Waals surface area (Å²) in [7, 11) is 4.61. The van der Waals surface area contributed by atoms with Crippen molar-refractivity contribution in [2.75, 3.05) is 20.6 Å². The third-order valence-corrected chi connectivity index (χ3v) is 4.92. The van der Waals surface area contributed by atoms with E-state index in [4.69, 9.17) is 19.8 Å². The number of nitrogens with zero attached hydrogens (tertiary/aromatic N) is 1. The van der Waals surface area contributed by atoms with Gasteiger partial charge >= 0.3 is 5.97 Å². The Kier molecular flexibility index (Phi) is 7.51. The molecular formula is C24H27NO4. The van der Waals surface area contributed by atoms with Crippen LogP contribution in [0.2, 0.25) is 0 Å². The van der Waals surface area contributed by atoms with Crippen molar-refractivity contribution < 1.29 is 19.8 Å². The van der Waals surface area contributed by atoms with E-state index in [2.05, 4.69) is 87.7 Å². The van der Waals surface area contributed by atoms with E-state index in [0.717, 1.165) is 17.4 Å². The van der Waals surface area contributed by atoms with Crippen LogP contribution in [0, 0.1) is 6.92 Å². The molecule has 0 aliphatic carbocycles. The van der Waals surface area contributed by atoms with E-state index in [-0.39, 0.29) is 0 Å². The van der Waals surface area contributed by atoms with E-state index in [0.29, 0.717) is 0 Å². The molecule has 0 radical (unpaired) electrons. The van der Waals surface area contributed by atoms with Gasteiger partial charge in [-0.15, -0.1) is 0 Å². The molecule has 0 aromatic heterocycles. The maximum Gasteiger partial charge on any atom is 0.351 e. The van der Waals surface area contributed by atoms with Crippen molar-refractivity contribution >= 4 is 28.4 Å². The number of carboxylic acid groups (broad SMARTS) is 2. The highest BCUT2D eigenvalue weighted by Gasteiger charge is 2.18. The zero-order valence-corrected chi connectivity index (χ0v) is 17.1. The van der Waals surface area contributed by atoms with E-state index < -0.39 is 11.9 Å². The molecule has 0 saturated heterocycles. The minimum atomic E-state index is -2.07. The van der Waals surface area contributed by atoms with Crippen molar-refractivity contribution in [2.45, 2.75) is 19.8 Å². The fourth-order valence-electron chi connectivity index (χ4n) is 3.31. The SMILES string of the molecule is Cc1cccc([N+](C)(C)CCCc2cccc3ccccc23)c1.O=C([O-])C(=O)O. The van der Waals surface area contributed by atoms with Crippen LogP contribution in [0.4, 0.5) is 5.69 Å². The quantitative estimate of drug-likeness (QED) is 0.534. The third kappa shape index (κ3) is 6.43. The second-order valence-corrected chi connectivity index (χ2v) is 7.58. The van der Waals surface area contributed by atoms with Gasteiger partial charge in [0.25, 0.3) is 0 Å². The maximum atomic E-state index is 9.04. The van der Waals surface area contributed by atoms with E-state index in [1.807, 2.05) is 0 Å². The van der Waals surface area contributed by atoms with Crippen LogP contribution < -0.4 is 9.59 Å². The molecule has 0 saturated carbocycles. The number of fused-ring (bicyclic) bond motifs is 1. The number of carbonyl (C=O) groups is 2. The zero-order chi connectivity index (χ0) is 21.4. The van der Waals surface area contributed by atoms with Crippen molar-refractivity contribution in [3.05, 3.63) is 77.9 Å². The summed E-state index contributed by atoms with van der Waals surface area (Å²) in [5.74, 6) is -4.01. The lowest BCUT2D eigenvalue weighted by molar-refractivity contribution is -0.303. The third-order valence-electron chi connectivity index (χ3n) is 4.92. The zero-order valence-electron chi connectivity index (χ0n) is 17.1. The van der Waals surface area contributed by atoms with Gasteiger partial charge in [-0.05, 0) is 41.3 Å². The number of benzene rings is 3. The van der Waals surface area contributed by atoms with Crippen LogP contribution in [-0.4, -0.2) is 37.7 Å². The number of aryl methyl sites for hydroxylation is 2. The van der Waals surface area contributed by atoms with Gasteiger partial charge in [0.15, 0.2) is 5.97 Å². The summed E-state index contributed by atoms with van der Waals surface area (Å²) < 4.78 is 0.937. The van der Waals surface area contributed by atoms with Crippen molar-refractivity contribution in [3.63, 3.8) is 0 Å². The van der Waals surface area contributed by atoms with Gasteiger partial charge in [-0.1, -0.05) is 54.6 Å². The Morgan fingerprint density at radius 3 is 2.24 bits per heavy atom. The second kappa shape index (κ2) is 9.85. The first-order valence-electron chi connectivity index (χ1n) is 9.52. The molecule has 0 spiro atoms. The number of rotatable bonds is 5. The Morgan fingerprint density at radius 1 is 0.966 bits per heavy atom. The largest absolute Gasteiger partial charge is 0.539 e. The summed E-state index contributed by atoms with van der Waals surface area (Å²) in [4.78, 5) is 18.0. The second-order valence-electron chi connectivity index (χ2n) is 7.58. The molecule has 0 heterocycles. The molecule has 0 aliphatic heterocycles. The van der Waals surface area contributed by atoms with Crippen LogP contribution >= 0.6 is 0 Å². The van der Waals surface area contributed by atoms with E-state index in [1.54, 1.807) is 0 Å². The van der Waals surface area contributed by atoms with Gasteiger partial charge in [0, 0.05) is 12.5 Å². The molecule has 3 rings (SSSR count). The summed E-state index contributed by atoms with van der Waals surface area (Å²) in [6.07, 6.45) is 2.32. The van der Waals surface area contributed by atoms with Crippen LogP contribution in [0.1, 0.15) is 17.5 Å². The minimum absolute atomic E-state index is 0.937. The van der Waals surface area contributed by atoms with Gasteiger partial charge in [-0.2, -0.15) is 0 Å². The Bertz CT molecular complexity index is 978. The van der Waals surface area contributed by atoms with Gasteiger partial charge in [0.1, 0.15) is 5.69 Å². The molecule has 3 aromatic rings. The molecule has 0 bridgehead atoms. The fraction of sp³-hybridized carbons (Fsp3) is 0.250. The van der Waals surface area contributed by atoms with Gasteiger partial charge in [0.2, 0.25) is 0 Å². The maximum absolute atomic E-state index is 9.04. The van der Waals surface area contributed by atoms with Crippen molar-refractivity contribution in [1.29, 1.82) is 0 Å². The van der Waals surface area contributed by atoms with Crippen LogP contribution in [0.5, 0.6) is 0 Å². The van der Waals surface area contributed by atoms with Gasteiger partial charge in [-0.25, -0.2) is 4.79 Å². The van der Waals surface area contributed by atoms with E-state index >= 15 is 0 Å². The Morgan fingerprint density at radius 2 is 1.59 bits per heavy atom. The van der Waals surface area contributed by atoms with Gasteiger partial charge < -0.3 is 15.0 Å². The Hall–Kier alpha value is -3.18. The molecule has 1 N–H and O–H groups in total. The Balaban J connectivity index is 0.000000438. The normalized spacial score (nSPS) is 10.9. The average molecular weight is 393 g/mol. The molecule has 3 aromatic carbocycles. The lowest BCUT2D eigenvalue weighted by Crippen LogP contribution is -2.41. The number of carbonyl (C=O) groups excluding carboxylic acids is 1. The highest BCUT2D eigenvalue weighted by atomic mass is 16.4. The summed E-state index contributed by atoms with van der Waals surface area (Å²) in [5, 5.41) is 19.1. The average Bonchev–Trinajstić information content (AvgIpc) is 2.68. The number of hydrogen-bond donors (Lipinski definition) is 1. The molecular weight excluding hydrogens is 366 g/mol.